The van der Waals surface area contributed by atoms with Gasteiger partial charge in [0.15, 0.2) is 0 Å². The topological polar surface area (TPSA) is 82.6 Å². The first kappa shape index (κ1) is 13.8. The molecule has 0 radical (unpaired) electrons. The summed E-state index contributed by atoms with van der Waals surface area (Å²) in [5, 5.41) is 17.0. The maximum Gasteiger partial charge on any atom is 0.124 e. The standard InChI is InChI=1S/C14H21N3O2/c1-9-3-4-12(14(15)16)13(5-9)17-6-11(7-18)19-8-10(17)2/h3-5,10-11,18H,6-8H2,1-2H3,(H3,15,16). The molecule has 1 fully saturated rings. The van der Waals surface area contributed by atoms with Crippen LogP contribution in [0.3, 0.4) is 0 Å². The highest BCUT2D eigenvalue weighted by atomic mass is 16.5. The molecule has 1 aromatic rings. The number of nitrogens with one attached hydrogen (secondary N) is 1. The van der Waals surface area contributed by atoms with Crippen molar-refractivity contribution in [1.29, 1.82) is 5.41 Å². The van der Waals surface area contributed by atoms with Gasteiger partial charge in [0.05, 0.1) is 19.3 Å². The molecule has 0 spiro atoms. The Bertz CT molecular complexity index is 476. The minimum Gasteiger partial charge on any atom is -0.394 e. The van der Waals surface area contributed by atoms with Gasteiger partial charge in [0, 0.05) is 23.8 Å². The Morgan fingerprint density at radius 1 is 1.58 bits per heavy atom. The summed E-state index contributed by atoms with van der Waals surface area (Å²) in [6.45, 7) is 5.27. The Balaban J connectivity index is 2.38. The van der Waals surface area contributed by atoms with Crippen molar-refractivity contribution in [2.45, 2.75) is 26.0 Å². The van der Waals surface area contributed by atoms with Gasteiger partial charge in [-0.2, -0.15) is 0 Å². The molecule has 104 valence electrons. The molecule has 1 aromatic carbocycles. The van der Waals surface area contributed by atoms with Crippen molar-refractivity contribution in [3.8, 4) is 0 Å². The molecule has 1 aliphatic heterocycles. The number of nitrogens with two attached hydrogens (primary N) is 1. The van der Waals surface area contributed by atoms with E-state index in [1.807, 2.05) is 25.1 Å². The van der Waals surface area contributed by atoms with Gasteiger partial charge < -0.3 is 20.5 Å². The third-order valence-electron chi connectivity index (χ3n) is 3.46. The summed E-state index contributed by atoms with van der Waals surface area (Å²) in [5.74, 6) is 0.0641. The van der Waals surface area contributed by atoms with Crippen LogP contribution in [0.5, 0.6) is 0 Å². The molecule has 0 bridgehead atoms. The lowest BCUT2D eigenvalue weighted by Crippen LogP contribution is -2.50. The fourth-order valence-electron chi connectivity index (χ4n) is 2.37. The van der Waals surface area contributed by atoms with E-state index < -0.39 is 0 Å². The molecule has 2 unspecified atom stereocenters. The van der Waals surface area contributed by atoms with Crippen molar-refractivity contribution in [2.24, 2.45) is 5.73 Å². The molecule has 2 atom stereocenters. The molecule has 1 saturated heterocycles. The quantitative estimate of drug-likeness (QED) is 0.558. The maximum atomic E-state index is 9.26. The Kier molecular flexibility index (Phi) is 4.07. The third kappa shape index (κ3) is 2.88. The normalized spacial score (nSPS) is 23.4. The zero-order valence-electron chi connectivity index (χ0n) is 11.4. The second-order valence-electron chi connectivity index (χ2n) is 5.07. The highest BCUT2D eigenvalue weighted by molar-refractivity contribution is 6.00. The third-order valence-corrected chi connectivity index (χ3v) is 3.46. The van der Waals surface area contributed by atoms with Crippen molar-refractivity contribution in [1.82, 2.24) is 0 Å². The molecule has 19 heavy (non-hydrogen) atoms. The lowest BCUT2D eigenvalue weighted by atomic mass is 10.0. The van der Waals surface area contributed by atoms with Crippen molar-refractivity contribution < 1.29 is 9.84 Å². The van der Waals surface area contributed by atoms with Crippen LogP contribution in [0.25, 0.3) is 0 Å². The Labute approximate surface area is 113 Å². The SMILES string of the molecule is Cc1ccc(C(=N)N)c(N2CC(CO)OCC2C)c1. The van der Waals surface area contributed by atoms with Gasteiger partial charge in [-0.1, -0.05) is 6.07 Å². The predicted molar refractivity (Wildman–Crippen MR) is 75.8 cm³/mol. The van der Waals surface area contributed by atoms with Crippen LogP contribution in [-0.4, -0.2) is 42.8 Å². The van der Waals surface area contributed by atoms with Crippen molar-refractivity contribution >= 4 is 11.5 Å². The lowest BCUT2D eigenvalue weighted by Gasteiger charge is -2.40. The van der Waals surface area contributed by atoms with Crippen LogP contribution in [0.4, 0.5) is 5.69 Å². The fourth-order valence-corrected chi connectivity index (χ4v) is 2.37. The van der Waals surface area contributed by atoms with E-state index >= 15 is 0 Å². The van der Waals surface area contributed by atoms with Gasteiger partial charge in [0.25, 0.3) is 0 Å². The van der Waals surface area contributed by atoms with E-state index in [0.29, 0.717) is 13.2 Å². The number of aryl methyl sites for hydroxylation is 1. The number of nitrogens with zero attached hydrogens (tertiary/aromatic N) is 1. The molecular formula is C14H21N3O2. The molecular weight excluding hydrogens is 242 g/mol. The van der Waals surface area contributed by atoms with E-state index in [1.165, 1.54) is 0 Å². The summed E-state index contributed by atoms with van der Waals surface area (Å²) in [4.78, 5) is 2.16. The smallest absolute Gasteiger partial charge is 0.124 e. The fraction of sp³-hybridized carbons (Fsp3) is 0.500. The van der Waals surface area contributed by atoms with Gasteiger partial charge in [0.2, 0.25) is 0 Å². The number of anilines is 1. The molecule has 1 heterocycles. The van der Waals surface area contributed by atoms with Crippen LogP contribution in [0.1, 0.15) is 18.1 Å². The number of benzene rings is 1. The van der Waals surface area contributed by atoms with Crippen LogP contribution in [0.15, 0.2) is 18.2 Å². The first-order valence-electron chi connectivity index (χ1n) is 6.47. The zero-order valence-corrected chi connectivity index (χ0v) is 11.4. The molecule has 0 aliphatic carbocycles. The van der Waals surface area contributed by atoms with Crippen LogP contribution in [-0.2, 0) is 4.74 Å². The Hall–Kier alpha value is -1.59. The van der Waals surface area contributed by atoms with E-state index in [1.54, 1.807) is 0 Å². The summed E-state index contributed by atoms with van der Waals surface area (Å²) in [7, 11) is 0. The van der Waals surface area contributed by atoms with Gasteiger partial charge in [-0.25, -0.2) is 0 Å². The number of hydrogen-bond acceptors (Lipinski definition) is 4. The number of aliphatic hydroxyl groups excluding tert-OH is 1. The van der Waals surface area contributed by atoms with E-state index in [4.69, 9.17) is 15.9 Å². The van der Waals surface area contributed by atoms with Crippen molar-refractivity contribution in [2.75, 3.05) is 24.7 Å². The van der Waals surface area contributed by atoms with Gasteiger partial charge in [-0.3, -0.25) is 5.41 Å². The number of morpholine rings is 1. The van der Waals surface area contributed by atoms with Crippen molar-refractivity contribution in [3.63, 3.8) is 0 Å². The number of amidine groups is 1. The number of hydrogen-bond donors (Lipinski definition) is 3. The summed E-state index contributed by atoms with van der Waals surface area (Å²) in [6, 6.07) is 6.06. The first-order valence-corrected chi connectivity index (χ1v) is 6.47. The van der Waals surface area contributed by atoms with Crippen molar-refractivity contribution in [3.05, 3.63) is 29.3 Å². The molecule has 0 amide bonds. The summed E-state index contributed by atoms with van der Waals surface area (Å²) in [5.41, 5.74) is 8.46. The van der Waals surface area contributed by atoms with Gasteiger partial charge in [-0.15, -0.1) is 0 Å². The zero-order chi connectivity index (χ0) is 14.0. The molecule has 1 aliphatic rings. The predicted octanol–water partition coefficient (Wildman–Crippen LogP) is 0.865. The first-order chi connectivity index (χ1) is 9.02. The van der Waals surface area contributed by atoms with E-state index in [-0.39, 0.29) is 24.6 Å². The van der Waals surface area contributed by atoms with E-state index in [9.17, 15) is 5.11 Å². The Morgan fingerprint density at radius 3 is 2.95 bits per heavy atom. The summed E-state index contributed by atoms with van der Waals surface area (Å²) >= 11 is 0. The van der Waals surface area contributed by atoms with Crippen LogP contribution in [0.2, 0.25) is 0 Å². The number of aliphatic hydroxyl groups is 1. The number of ether oxygens (including phenoxy) is 1. The number of rotatable bonds is 3. The van der Waals surface area contributed by atoms with E-state index in [0.717, 1.165) is 16.8 Å². The van der Waals surface area contributed by atoms with Gasteiger partial charge >= 0.3 is 0 Å². The molecule has 5 heteroatoms. The van der Waals surface area contributed by atoms with Gasteiger partial charge in [0.1, 0.15) is 5.84 Å². The maximum absolute atomic E-state index is 9.26. The highest BCUT2D eigenvalue weighted by Crippen LogP contribution is 2.26. The van der Waals surface area contributed by atoms with Crippen LogP contribution in [0, 0.1) is 12.3 Å². The second-order valence-corrected chi connectivity index (χ2v) is 5.07. The van der Waals surface area contributed by atoms with Crippen LogP contribution < -0.4 is 10.6 Å². The minimum absolute atomic E-state index is 0.00441. The minimum atomic E-state index is -0.184. The highest BCUT2D eigenvalue weighted by Gasteiger charge is 2.27. The summed E-state index contributed by atoms with van der Waals surface area (Å²) in [6.07, 6.45) is -0.184. The monoisotopic (exact) mass is 263 g/mol. The number of nitrogen functional groups attached to an aromatic ring is 1. The molecule has 2 rings (SSSR count). The van der Waals surface area contributed by atoms with Crippen LogP contribution >= 0.6 is 0 Å². The average molecular weight is 263 g/mol. The van der Waals surface area contributed by atoms with Gasteiger partial charge in [-0.05, 0) is 31.5 Å². The van der Waals surface area contributed by atoms with E-state index in [2.05, 4.69) is 11.8 Å². The average Bonchev–Trinajstić information content (AvgIpc) is 2.38. The largest absolute Gasteiger partial charge is 0.394 e. The lowest BCUT2D eigenvalue weighted by molar-refractivity contribution is -0.0103. The second kappa shape index (κ2) is 5.59. The molecule has 0 saturated carbocycles. The molecule has 0 aromatic heterocycles. The molecule has 4 N–H and O–H groups in total. The summed E-state index contributed by atoms with van der Waals surface area (Å²) < 4.78 is 5.55. The molecule has 5 nitrogen and oxygen atoms in total. The Morgan fingerprint density at radius 2 is 2.32 bits per heavy atom.